The van der Waals surface area contributed by atoms with Crippen molar-refractivity contribution < 1.29 is 17.9 Å². The molecule has 0 saturated heterocycles. The van der Waals surface area contributed by atoms with Crippen molar-refractivity contribution >= 4 is 0 Å². The summed E-state index contributed by atoms with van der Waals surface area (Å²) in [6.07, 6.45) is 0. The summed E-state index contributed by atoms with van der Waals surface area (Å²) in [5.41, 5.74) is 6.12. The van der Waals surface area contributed by atoms with E-state index < -0.39 is 23.5 Å². The highest BCUT2D eigenvalue weighted by atomic mass is 19.1. The topological polar surface area (TPSA) is 35.2 Å². The van der Waals surface area contributed by atoms with Gasteiger partial charge in [0.25, 0.3) is 0 Å². The van der Waals surface area contributed by atoms with E-state index >= 15 is 0 Å². The molecule has 0 heterocycles. The molecule has 2 rings (SSSR count). The second-order valence-electron chi connectivity index (χ2n) is 4.18. The molecule has 0 spiro atoms. The molecule has 100 valence electrons. The monoisotopic (exact) mass is 267 g/mol. The third-order valence-electron chi connectivity index (χ3n) is 2.53. The van der Waals surface area contributed by atoms with Crippen molar-refractivity contribution in [1.82, 2.24) is 0 Å². The molecule has 2 nitrogen and oxygen atoms in total. The Hall–Kier alpha value is -2.01. The van der Waals surface area contributed by atoms with Gasteiger partial charge in [-0.25, -0.2) is 13.2 Å². The summed E-state index contributed by atoms with van der Waals surface area (Å²) in [4.78, 5) is 0. The van der Waals surface area contributed by atoms with Crippen molar-refractivity contribution in [3.63, 3.8) is 0 Å². The van der Waals surface area contributed by atoms with E-state index in [0.29, 0.717) is 5.56 Å². The molecule has 2 N–H and O–H groups in total. The molecule has 1 atom stereocenters. The normalized spacial score (nSPS) is 12.3. The van der Waals surface area contributed by atoms with Gasteiger partial charge in [-0.1, -0.05) is 0 Å². The third-order valence-corrected chi connectivity index (χ3v) is 2.53. The molecule has 0 bridgehead atoms. The Balaban J connectivity index is 2.37. The third kappa shape index (κ3) is 3.26. The molecular formula is C14H12F3NO. The van der Waals surface area contributed by atoms with Crippen LogP contribution in [0.15, 0.2) is 36.4 Å². The molecule has 0 fully saturated rings. The van der Waals surface area contributed by atoms with Gasteiger partial charge in [0.1, 0.15) is 29.0 Å². The Morgan fingerprint density at radius 1 is 0.947 bits per heavy atom. The van der Waals surface area contributed by atoms with Crippen molar-refractivity contribution in [2.75, 3.05) is 0 Å². The summed E-state index contributed by atoms with van der Waals surface area (Å²) in [6, 6.07) is 6.14. The van der Waals surface area contributed by atoms with Crippen LogP contribution in [0.5, 0.6) is 11.5 Å². The zero-order chi connectivity index (χ0) is 14.0. The van der Waals surface area contributed by atoms with Crippen molar-refractivity contribution in [3.8, 4) is 11.5 Å². The van der Waals surface area contributed by atoms with Crippen LogP contribution >= 0.6 is 0 Å². The molecule has 0 aliphatic rings. The Bertz CT molecular complexity index is 579. The van der Waals surface area contributed by atoms with Gasteiger partial charge in [0, 0.05) is 29.8 Å². The maximum Gasteiger partial charge on any atom is 0.133 e. The van der Waals surface area contributed by atoms with E-state index in [1.807, 2.05) is 0 Å². The smallest absolute Gasteiger partial charge is 0.133 e. The lowest BCUT2D eigenvalue weighted by Crippen LogP contribution is -2.07. The second kappa shape index (κ2) is 5.32. The number of hydrogen-bond donors (Lipinski definition) is 1. The fraction of sp³-hybridized carbons (Fsp3) is 0.143. The highest BCUT2D eigenvalue weighted by molar-refractivity contribution is 5.40. The van der Waals surface area contributed by atoms with Crippen LogP contribution in [-0.2, 0) is 0 Å². The van der Waals surface area contributed by atoms with E-state index in [1.54, 1.807) is 6.92 Å². The standard InChI is InChI=1S/C14H12F3NO/c1-8(18)13-7-9(15)2-3-14(13)19-12-5-10(16)4-11(17)6-12/h2-8H,18H2,1H3. The second-order valence-corrected chi connectivity index (χ2v) is 4.18. The maximum atomic E-state index is 13.1. The number of hydrogen-bond acceptors (Lipinski definition) is 2. The van der Waals surface area contributed by atoms with Crippen LogP contribution in [0.4, 0.5) is 13.2 Å². The first-order chi connectivity index (χ1) is 8.95. The highest BCUT2D eigenvalue weighted by Crippen LogP contribution is 2.30. The predicted octanol–water partition coefficient (Wildman–Crippen LogP) is 3.92. The van der Waals surface area contributed by atoms with E-state index in [1.165, 1.54) is 18.2 Å². The van der Waals surface area contributed by atoms with Crippen molar-refractivity contribution in [1.29, 1.82) is 0 Å². The zero-order valence-corrected chi connectivity index (χ0v) is 10.2. The molecule has 5 heteroatoms. The molecule has 0 aliphatic carbocycles. The van der Waals surface area contributed by atoms with Gasteiger partial charge in [0.05, 0.1) is 0 Å². The quantitative estimate of drug-likeness (QED) is 0.914. The molecule has 2 aromatic rings. The summed E-state index contributed by atoms with van der Waals surface area (Å²) in [5.74, 6) is -1.70. The maximum absolute atomic E-state index is 13.1. The Labute approximate surface area is 108 Å². The summed E-state index contributed by atoms with van der Waals surface area (Å²) < 4.78 is 44.6. The van der Waals surface area contributed by atoms with Crippen LogP contribution in [0, 0.1) is 17.5 Å². The van der Waals surface area contributed by atoms with Gasteiger partial charge < -0.3 is 10.5 Å². The summed E-state index contributed by atoms with van der Waals surface area (Å²) in [5, 5.41) is 0. The van der Waals surface area contributed by atoms with Crippen LogP contribution in [0.3, 0.4) is 0 Å². The number of rotatable bonds is 3. The van der Waals surface area contributed by atoms with Gasteiger partial charge in [-0.2, -0.15) is 0 Å². The number of benzene rings is 2. The van der Waals surface area contributed by atoms with E-state index in [2.05, 4.69) is 0 Å². The molecule has 0 aliphatic heterocycles. The minimum Gasteiger partial charge on any atom is -0.457 e. The van der Waals surface area contributed by atoms with E-state index in [-0.39, 0.29) is 11.5 Å². The number of nitrogens with two attached hydrogens (primary N) is 1. The van der Waals surface area contributed by atoms with E-state index in [0.717, 1.165) is 18.2 Å². The SMILES string of the molecule is CC(N)c1cc(F)ccc1Oc1cc(F)cc(F)c1. The van der Waals surface area contributed by atoms with Gasteiger partial charge >= 0.3 is 0 Å². The first kappa shape index (κ1) is 13.4. The Morgan fingerprint density at radius 2 is 1.58 bits per heavy atom. The van der Waals surface area contributed by atoms with Crippen LogP contribution in [-0.4, -0.2) is 0 Å². The molecule has 1 unspecified atom stereocenters. The summed E-state index contributed by atoms with van der Waals surface area (Å²) in [6.45, 7) is 1.66. The lowest BCUT2D eigenvalue weighted by Gasteiger charge is -2.14. The fourth-order valence-electron chi connectivity index (χ4n) is 1.68. The molecule has 0 saturated carbocycles. The zero-order valence-electron chi connectivity index (χ0n) is 10.2. The number of ether oxygens (including phenoxy) is 1. The number of halogens is 3. The Morgan fingerprint density at radius 3 is 2.16 bits per heavy atom. The van der Waals surface area contributed by atoms with Gasteiger partial charge in [-0.05, 0) is 25.1 Å². The summed E-state index contributed by atoms with van der Waals surface area (Å²) >= 11 is 0. The lowest BCUT2D eigenvalue weighted by molar-refractivity contribution is 0.457. The van der Waals surface area contributed by atoms with Gasteiger partial charge in [-0.3, -0.25) is 0 Å². The van der Waals surface area contributed by atoms with Crippen LogP contribution in [0.2, 0.25) is 0 Å². The molecule has 2 aromatic carbocycles. The van der Waals surface area contributed by atoms with Gasteiger partial charge in [0.2, 0.25) is 0 Å². The van der Waals surface area contributed by atoms with Gasteiger partial charge in [-0.15, -0.1) is 0 Å². The van der Waals surface area contributed by atoms with Gasteiger partial charge in [0.15, 0.2) is 0 Å². The summed E-state index contributed by atoms with van der Waals surface area (Å²) in [7, 11) is 0. The molecular weight excluding hydrogens is 255 g/mol. The van der Waals surface area contributed by atoms with Crippen LogP contribution in [0.25, 0.3) is 0 Å². The molecule has 0 aromatic heterocycles. The average Bonchev–Trinajstić information content (AvgIpc) is 2.30. The van der Waals surface area contributed by atoms with Crippen molar-refractivity contribution in [3.05, 3.63) is 59.4 Å². The lowest BCUT2D eigenvalue weighted by atomic mass is 10.1. The fourth-order valence-corrected chi connectivity index (χ4v) is 1.68. The average molecular weight is 267 g/mol. The van der Waals surface area contributed by atoms with Crippen LogP contribution < -0.4 is 10.5 Å². The molecule has 0 radical (unpaired) electrons. The highest BCUT2D eigenvalue weighted by Gasteiger charge is 2.11. The first-order valence-corrected chi connectivity index (χ1v) is 5.64. The minimum absolute atomic E-state index is 0.00833. The first-order valence-electron chi connectivity index (χ1n) is 5.64. The Kier molecular flexibility index (Phi) is 3.76. The van der Waals surface area contributed by atoms with E-state index in [4.69, 9.17) is 10.5 Å². The predicted molar refractivity (Wildman–Crippen MR) is 65.4 cm³/mol. The van der Waals surface area contributed by atoms with E-state index in [9.17, 15) is 13.2 Å². The molecule has 19 heavy (non-hydrogen) atoms. The molecule has 0 amide bonds. The van der Waals surface area contributed by atoms with Crippen molar-refractivity contribution in [2.45, 2.75) is 13.0 Å². The van der Waals surface area contributed by atoms with Crippen LogP contribution in [0.1, 0.15) is 18.5 Å². The largest absolute Gasteiger partial charge is 0.457 e. The minimum atomic E-state index is -0.751. The van der Waals surface area contributed by atoms with Crippen molar-refractivity contribution in [2.24, 2.45) is 5.73 Å².